The number of hydrogen-bond acceptors (Lipinski definition) is 4. The summed E-state index contributed by atoms with van der Waals surface area (Å²) in [4.78, 5) is 16.7. The molecule has 94 valence electrons. The van der Waals surface area contributed by atoms with Gasteiger partial charge in [-0.25, -0.2) is 14.7 Å². The highest BCUT2D eigenvalue weighted by molar-refractivity contribution is 7.10. The fourth-order valence-corrected chi connectivity index (χ4v) is 2.26. The predicted molar refractivity (Wildman–Crippen MR) is 70.6 cm³/mol. The van der Waals surface area contributed by atoms with Crippen LogP contribution in [0.25, 0.3) is 0 Å². The van der Waals surface area contributed by atoms with Crippen molar-refractivity contribution in [3.05, 3.63) is 36.2 Å². The molecule has 1 aromatic carbocycles. The lowest BCUT2D eigenvalue weighted by Gasteiger charge is -2.15. The molecule has 0 aliphatic rings. The van der Waals surface area contributed by atoms with E-state index in [1.54, 1.807) is 24.3 Å². The summed E-state index contributed by atoms with van der Waals surface area (Å²) in [6.45, 7) is 3.94. The average Bonchev–Trinajstić information content (AvgIpc) is 2.79. The summed E-state index contributed by atoms with van der Waals surface area (Å²) in [5.41, 5.74) is 0.566. The number of rotatable bonds is 3. The molecule has 0 atom stereocenters. The largest absolute Gasteiger partial charge is 0.464 e. The van der Waals surface area contributed by atoms with Crippen molar-refractivity contribution >= 4 is 28.4 Å². The topological polar surface area (TPSA) is 66.3 Å². The van der Waals surface area contributed by atoms with E-state index < -0.39 is 6.09 Å². The van der Waals surface area contributed by atoms with Crippen LogP contribution in [0.3, 0.4) is 0 Å². The fourth-order valence-electron chi connectivity index (χ4n) is 1.43. The van der Waals surface area contributed by atoms with Gasteiger partial charge in [-0.05, 0) is 12.1 Å². The fraction of sp³-hybridized carbons (Fsp3) is 0.250. The summed E-state index contributed by atoms with van der Waals surface area (Å²) in [7, 11) is 0. The summed E-state index contributed by atoms with van der Waals surface area (Å²) in [5, 5.41) is 9.67. The second kappa shape index (κ2) is 5.14. The molecule has 0 fully saturated rings. The van der Waals surface area contributed by atoms with Gasteiger partial charge in [0.25, 0.3) is 0 Å². The molecule has 18 heavy (non-hydrogen) atoms. The number of amides is 1. The van der Waals surface area contributed by atoms with Gasteiger partial charge in [-0.2, -0.15) is 4.37 Å². The smallest absolute Gasteiger partial charge is 0.418 e. The summed E-state index contributed by atoms with van der Waals surface area (Å²) in [6, 6.07) is 8.86. The van der Waals surface area contributed by atoms with Gasteiger partial charge in [-0.1, -0.05) is 32.0 Å². The van der Waals surface area contributed by atoms with E-state index in [-0.39, 0.29) is 5.92 Å². The Morgan fingerprint density at radius 2 is 2.00 bits per heavy atom. The Hall–Kier alpha value is -1.95. The molecule has 1 N–H and O–H groups in total. The molecule has 0 unspecified atom stereocenters. The zero-order valence-electron chi connectivity index (χ0n) is 10.1. The van der Waals surface area contributed by atoms with Crippen molar-refractivity contribution in [2.24, 2.45) is 0 Å². The molecule has 1 heterocycles. The predicted octanol–water partition coefficient (Wildman–Crippen LogP) is 3.48. The van der Waals surface area contributed by atoms with Crippen LogP contribution in [0.2, 0.25) is 0 Å². The Morgan fingerprint density at radius 3 is 2.50 bits per heavy atom. The first kappa shape index (κ1) is 12.5. The van der Waals surface area contributed by atoms with E-state index in [0.29, 0.717) is 16.6 Å². The van der Waals surface area contributed by atoms with Crippen LogP contribution < -0.4 is 4.90 Å². The van der Waals surface area contributed by atoms with Crippen LogP contribution in [0.4, 0.5) is 15.6 Å². The summed E-state index contributed by atoms with van der Waals surface area (Å²) >= 11 is 1.09. The second-order valence-electron chi connectivity index (χ2n) is 4.04. The number of carboxylic acid groups (broad SMARTS) is 1. The van der Waals surface area contributed by atoms with Gasteiger partial charge in [-0.15, -0.1) is 0 Å². The minimum absolute atomic E-state index is 0.182. The average molecular weight is 263 g/mol. The molecule has 0 saturated carbocycles. The Kier molecular flexibility index (Phi) is 3.57. The van der Waals surface area contributed by atoms with Crippen molar-refractivity contribution in [3.63, 3.8) is 0 Å². The third-order valence-corrected chi connectivity index (χ3v) is 3.06. The lowest BCUT2D eigenvalue weighted by molar-refractivity contribution is 0.205. The maximum absolute atomic E-state index is 11.3. The van der Waals surface area contributed by atoms with Crippen molar-refractivity contribution in [3.8, 4) is 0 Å². The number of anilines is 2. The Balaban J connectivity index is 2.39. The van der Waals surface area contributed by atoms with Gasteiger partial charge in [0.1, 0.15) is 5.82 Å². The van der Waals surface area contributed by atoms with Crippen LogP contribution in [0, 0.1) is 0 Å². The lowest BCUT2D eigenvalue weighted by Crippen LogP contribution is -2.23. The molecule has 0 saturated heterocycles. The van der Waals surface area contributed by atoms with Gasteiger partial charge in [-0.3, -0.25) is 0 Å². The van der Waals surface area contributed by atoms with Crippen molar-refractivity contribution in [2.75, 3.05) is 4.90 Å². The monoisotopic (exact) mass is 263 g/mol. The Bertz CT molecular complexity index is 539. The number of para-hydroxylation sites is 1. The Labute approximate surface area is 109 Å². The van der Waals surface area contributed by atoms with Crippen LogP contribution in [0.1, 0.15) is 25.6 Å². The molecule has 6 heteroatoms. The summed E-state index contributed by atoms with van der Waals surface area (Å²) in [5.74, 6) is 0.846. The van der Waals surface area contributed by atoms with Crippen molar-refractivity contribution in [2.45, 2.75) is 19.8 Å². The SMILES string of the molecule is CC(C)c1nsc(N(C(=O)O)c2ccccc2)n1. The lowest BCUT2D eigenvalue weighted by atomic mass is 10.2. The molecule has 0 aliphatic carbocycles. The number of nitrogens with zero attached hydrogens (tertiary/aromatic N) is 3. The molecular weight excluding hydrogens is 250 g/mol. The molecule has 5 nitrogen and oxygen atoms in total. The highest BCUT2D eigenvalue weighted by Gasteiger charge is 2.21. The number of benzene rings is 1. The minimum atomic E-state index is -1.06. The maximum Gasteiger partial charge on any atom is 0.418 e. The third kappa shape index (κ3) is 2.48. The first-order valence-electron chi connectivity index (χ1n) is 5.51. The van der Waals surface area contributed by atoms with Gasteiger partial charge < -0.3 is 5.11 Å². The molecule has 0 bridgehead atoms. The van der Waals surface area contributed by atoms with E-state index in [0.717, 1.165) is 16.4 Å². The van der Waals surface area contributed by atoms with Crippen molar-refractivity contribution < 1.29 is 9.90 Å². The second-order valence-corrected chi connectivity index (χ2v) is 4.77. The molecule has 0 spiro atoms. The minimum Gasteiger partial charge on any atom is -0.464 e. The number of aromatic nitrogens is 2. The first-order valence-corrected chi connectivity index (χ1v) is 6.28. The summed E-state index contributed by atoms with van der Waals surface area (Å²) < 4.78 is 4.17. The Morgan fingerprint density at radius 1 is 1.33 bits per heavy atom. The standard InChI is InChI=1S/C12H13N3O2S/c1-8(2)10-13-11(18-14-10)15(12(16)17)9-6-4-3-5-7-9/h3-8H,1-2H3,(H,16,17). The molecule has 1 aromatic heterocycles. The quantitative estimate of drug-likeness (QED) is 0.920. The van der Waals surface area contributed by atoms with Crippen LogP contribution in [0.15, 0.2) is 30.3 Å². The zero-order valence-corrected chi connectivity index (χ0v) is 10.9. The van der Waals surface area contributed by atoms with E-state index in [9.17, 15) is 9.90 Å². The van der Waals surface area contributed by atoms with Gasteiger partial charge in [0.2, 0.25) is 5.13 Å². The normalized spacial score (nSPS) is 10.6. The molecule has 0 radical (unpaired) electrons. The van der Waals surface area contributed by atoms with E-state index in [2.05, 4.69) is 9.36 Å². The molecule has 2 aromatic rings. The van der Waals surface area contributed by atoms with E-state index in [1.807, 2.05) is 19.9 Å². The van der Waals surface area contributed by atoms with Gasteiger partial charge in [0.15, 0.2) is 0 Å². The van der Waals surface area contributed by atoms with Crippen molar-refractivity contribution in [1.82, 2.24) is 9.36 Å². The molecule has 1 amide bonds. The summed E-state index contributed by atoms with van der Waals surface area (Å²) in [6.07, 6.45) is -1.06. The van der Waals surface area contributed by atoms with E-state index in [1.165, 1.54) is 0 Å². The molecule has 0 aliphatic heterocycles. The number of carbonyl (C=O) groups is 1. The van der Waals surface area contributed by atoms with Crippen LogP contribution in [-0.4, -0.2) is 20.6 Å². The van der Waals surface area contributed by atoms with Gasteiger partial charge in [0, 0.05) is 17.5 Å². The van der Waals surface area contributed by atoms with Gasteiger partial charge >= 0.3 is 6.09 Å². The first-order chi connectivity index (χ1) is 8.59. The number of hydrogen-bond donors (Lipinski definition) is 1. The highest BCUT2D eigenvalue weighted by atomic mass is 32.1. The third-order valence-electron chi connectivity index (χ3n) is 2.34. The zero-order chi connectivity index (χ0) is 13.1. The van der Waals surface area contributed by atoms with E-state index in [4.69, 9.17) is 0 Å². The molecular formula is C12H13N3O2S. The van der Waals surface area contributed by atoms with E-state index >= 15 is 0 Å². The maximum atomic E-state index is 11.3. The van der Waals surface area contributed by atoms with Crippen molar-refractivity contribution in [1.29, 1.82) is 0 Å². The van der Waals surface area contributed by atoms with Crippen LogP contribution in [0.5, 0.6) is 0 Å². The van der Waals surface area contributed by atoms with Crippen LogP contribution in [-0.2, 0) is 0 Å². The molecule has 2 rings (SSSR count). The highest BCUT2D eigenvalue weighted by Crippen LogP contribution is 2.28. The van der Waals surface area contributed by atoms with Crippen LogP contribution >= 0.6 is 11.5 Å². The van der Waals surface area contributed by atoms with Gasteiger partial charge in [0.05, 0.1) is 5.69 Å².